The van der Waals surface area contributed by atoms with Gasteiger partial charge < -0.3 is 20.3 Å². The van der Waals surface area contributed by atoms with E-state index in [2.05, 4.69) is 20.6 Å². The topological polar surface area (TPSA) is 79.4 Å². The number of aromatic nitrogens is 2. The van der Waals surface area contributed by atoms with Crippen molar-refractivity contribution in [1.82, 2.24) is 20.6 Å². The summed E-state index contributed by atoms with van der Waals surface area (Å²) in [6.45, 7) is 4.07. The molecular weight excluding hydrogens is 435 g/mol. The Balaban J connectivity index is 1.27. The molecule has 33 heavy (non-hydrogen) atoms. The van der Waals surface area contributed by atoms with Gasteiger partial charge in [0.1, 0.15) is 11.0 Å². The number of hydrogen-bond donors (Lipinski definition) is 2. The van der Waals surface area contributed by atoms with Gasteiger partial charge in [0, 0.05) is 61.9 Å². The second-order valence-corrected chi connectivity index (χ2v) is 9.93. The van der Waals surface area contributed by atoms with E-state index in [1.807, 2.05) is 4.90 Å². The third kappa shape index (κ3) is 3.54. The maximum atomic E-state index is 13.5. The van der Waals surface area contributed by atoms with E-state index in [4.69, 9.17) is 4.74 Å². The molecule has 4 fully saturated rings. The summed E-state index contributed by atoms with van der Waals surface area (Å²) >= 11 is 0. The van der Waals surface area contributed by atoms with Gasteiger partial charge >= 0.3 is 6.18 Å². The fraction of sp³-hybridized carbons (Fsp3) is 0.609. The highest BCUT2D eigenvalue weighted by atomic mass is 19.4. The van der Waals surface area contributed by atoms with Crippen molar-refractivity contribution in [2.75, 3.05) is 44.3 Å². The van der Waals surface area contributed by atoms with Crippen molar-refractivity contribution in [2.45, 2.75) is 25.1 Å². The van der Waals surface area contributed by atoms with E-state index in [9.17, 15) is 18.0 Å². The molecular formula is C23H26F3N5O2. The van der Waals surface area contributed by atoms with Crippen LogP contribution < -0.4 is 15.5 Å². The number of nitrogens with zero attached hydrogens (tertiary/aromatic N) is 3. The Kier molecular flexibility index (Phi) is 4.81. The molecule has 0 radical (unpaired) electrons. The Labute approximate surface area is 189 Å². The average molecular weight is 461 g/mol. The summed E-state index contributed by atoms with van der Waals surface area (Å²) < 4.78 is 46.2. The van der Waals surface area contributed by atoms with Crippen LogP contribution in [0.3, 0.4) is 0 Å². The van der Waals surface area contributed by atoms with Crippen LogP contribution in [-0.2, 0) is 15.7 Å². The largest absolute Gasteiger partial charge is 0.418 e. The lowest BCUT2D eigenvalue weighted by atomic mass is 9.82. The van der Waals surface area contributed by atoms with Crippen LogP contribution in [0.25, 0.3) is 11.0 Å². The van der Waals surface area contributed by atoms with Crippen LogP contribution in [0.15, 0.2) is 24.5 Å². The van der Waals surface area contributed by atoms with E-state index in [1.54, 1.807) is 0 Å². The molecule has 1 aromatic carbocycles. The minimum absolute atomic E-state index is 0.0566. The first-order chi connectivity index (χ1) is 15.9. The fourth-order valence-corrected chi connectivity index (χ4v) is 6.00. The number of carbonyl (C=O) groups excluding carboxylic acids is 1. The van der Waals surface area contributed by atoms with Gasteiger partial charge in [-0.3, -0.25) is 14.8 Å². The predicted octanol–water partition coefficient (Wildman–Crippen LogP) is 2.22. The lowest BCUT2D eigenvalue weighted by molar-refractivity contribution is -0.136. The summed E-state index contributed by atoms with van der Waals surface area (Å²) in [6, 6.07) is 2.66. The molecule has 3 saturated heterocycles. The van der Waals surface area contributed by atoms with Crippen molar-refractivity contribution in [1.29, 1.82) is 0 Å². The third-order valence-corrected chi connectivity index (χ3v) is 7.91. The molecule has 2 N–H and O–H groups in total. The molecule has 2 aromatic rings. The second-order valence-electron chi connectivity index (χ2n) is 9.93. The monoisotopic (exact) mass is 461 g/mol. The molecule has 10 heteroatoms. The van der Waals surface area contributed by atoms with Crippen LogP contribution in [0.4, 0.5) is 18.9 Å². The van der Waals surface area contributed by atoms with E-state index >= 15 is 0 Å². The van der Waals surface area contributed by atoms with Gasteiger partial charge in [-0.05, 0) is 25.0 Å². The lowest BCUT2D eigenvalue weighted by Gasteiger charge is -2.43. The Bertz CT molecular complexity index is 1070. The standard InChI is InChI=1S/C23H26F3N5O2/c24-23(25,26)15-1-2-17(20-19(15)28-5-6-29-20)31-9-16(22(12-31)3-4-22)21(32)30-18-13-7-27-8-14(18)11-33-10-13/h1-2,5-6,13-14,16,18,27H,3-4,7-12H2,(H,30,32). The highest BCUT2D eigenvalue weighted by Gasteiger charge is 2.58. The number of rotatable bonds is 3. The smallest absolute Gasteiger partial charge is 0.381 e. The molecule has 3 unspecified atom stereocenters. The average Bonchev–Trinajstić information content (AvgIpc) is 3.44. The van der Waals surface area contributed by atoms with E-state index in [0.717, 1.165) is 32.0 Å². The number of nitrogens with one attached hydrogen (secondary N) is 2. The van der Waals surface area contributed by atoms with Gasteiger partial charge in [0.15, 0.2) is 0 Å². The van der Waals surface area contributed by atoms with Crippen molar-refractivity contribution in [2.24, 2.45) is 23.2 Å². The molecule has 1 amide bonds. The minimum atomic E-state index is -4.51. The molecule has 4 heterocycles. The van der Waals surface area contributed by atoms with E-state index < -0.39 is 11.7 Å². The Morgan fingerprint density at radius 1 is 1.12 bits per heavy atom. The Morgan fingerprint density at radius 3 is 2.48 bits per heavy atom. The number of piperidine rings is 1. The first-order valence-electron chi connectivity index (χ1n) is 11.5. The summed E-state index contributed by atoms with van der Waals surface area (Å²) in [5.41, 5.74) is -0.208. The molecule has 4 aliphatic rings. The van der Waals surface area contributed by atoms with Crippen molar-refractivity contribution in [3.63, 3.8) is 0 Å². The molecule has 1 spiro atoms. The number of alkyl halides is 3. The number of fused-ring (bicyclic) bond motifs is 3. The quantitative estimate of drug-likeness (QED) is 0.730. The van der Waals surface area contributed by atoms with Crippen LogP contribution in [0.5, 0.6) is 0 Å². The van der Waals surface area contributed by atoms with Crippen LogP contribution >= 0.6 is 0 Å². The van der Waals surface area contributed by atoms with Gasteiger partial charge in [-0.2, -0.15) is 13.2 Å². The number of carbonyl (C=O) groups is 1. The molecule has 6 rings (SSSR count). The molecule has 2 bridgehead atoms. The maximum absolute atomic E-state index is 13.5. The minimum Gasteiger partial charge on any atom is -0.381 e. The van der Waals surface area contributed by atoms with E-state index in [0.29, 0.717) is 32.0 Å². The van der Waals surface area contributed by atoms with Gasteiger partial charge in [0.05, 0.1) is 30.4 Å². The summed E-state index contributed by atoms with van der Waals surface area (Å²) in [5.74, 6) is 0.399. The Hall–Kier alpha value is -2.46. The van der Waals surface area contributed by atoms with Crippen molar-refractivity contribution in [3.8, 4) is 0 Å². The van der Waals surface area contributed by atoms with Crippen LogP contribution in [0.1, 0.15) is 18.4 Å². The van der Waals surface area contributed by atoms with Gasteiger partial charge in [-0.1, -0.05) is 0 Å². The molecule has 7 nitrogen and oxygen atoms in total. The highest BCUT2D eigenvalue weighted by molar-refractivity contribution is 5.92. The molecule has 176 valence electrons. The SMILES string of the molecule is O=C(NC1C2CNCC1COC2)C1CN(c2ccc(C(F)(F)F)c3nccnc23)CC12CC2. The number of benzene rings is 1. The van der Waals surface area contributed by atoms with Crippen molar-refractivity contribution >= 4 is 22.6 Å². The van der Waals surface area contributed by atoms with Gasteiger partial charge in [0.2, 0.25) is 5.91 Å². The first-order valence-corrected chi connectivity index (χ1v) is 11.5. The number of halogens is 3. The third-order valence-electron chi connectivity index (χ3n) is 7.91. The highest BCUT2D eigenvalue weighted by Crippen LogP contribution is 2.57. The van der Waals surface area contributed by atoms with Crippen LogP contribution in [0, 0.1) is 23.2 Å². The molecule has 1 saturated carbocycles. The summed E-state index contributed by atoms with van der Waals surface area (Å²) in [5, 5.41) is 6.75. The Morgan fingerprint density at radius 2 is 1.82 bits per heavy atom. The second kappa shape index (κ2) is 7.53. The summed E-state index contributed by atoms with van der Waals surface area (Å²) in [4.78, 5) is 23.7. The van der Waals surface area contributed by atoms with Crippen molar-refractivity contribution in [3.05, 3.63) is 30.1 Å². The maximum Gasteiger partial charge on any atom is 0.418 e. The predicted molar refractivity (Wildman–Crippen MR) is 115 cm³/mol. The summed E-state index contributed by atoms with van der Waals surface area (Å²) in [7, 11) is 0. The molecule has 1 aliphatic carbocycles. The van der Waals surface area contributed by atoms with Gasteiger partial charge in [0.25, 0.3) is 0 Å². The number of ether oxygens (including phenoxy) is 1. The van der Waals surface area contributed by atoms with Gasteiger partial charge in [-0.25, -0.2) is 0 Å². The zero-order valence-electron chi connectivity index (χ0n) is 18.1. The first kappa shape index (κ1) is 21.1. The number of amides is 1. The fourth-order valence-electron chi connectivity index (χ4n) is 6.00. The number of hydrogen-bond acceptors (Lipinski definition) is 6. The zero-order valence-corrected chi connectivity index (χ0v) is 18.1. The molecule has 1 aromatic heterocycles. The normalized spacial score (nSPS) is 30.6. The van der Waals surface area contributed by atoms with E-state index in [1.165, 1.54) is 18.5 Å². The number of anilines is 1. The van der Waals surface area contributed by atoms with Crippen LogP contribution in [0.2, 0.25) is 0 Å². The molecule has 3 atom stereocenters. The van der Waals surface area contributed by atoms with E-state index in [-0.39, 0.29) is 46.2 Å². The summed E-state index contributed by atoms with van der Waals surface area (Å²) in [6.07, 6.45) is 0.0945. The van der Waals surface area contributed by atoms with Gasteiger partial charge in [-0.15, -0.1) is 0 Å². The zero-order chi connectivity index (χ0) is 22.8. The molecule has 3 aliphatic heterocycles. The van der Waals surface area contributed by atoms with Crippen LogP contribution in [-0.4, -0.2) is 61.3 Å². The van der Waals surface area contributed by atoms with Crippen molar-refractivity contribution < 1.29 is 22.7 Å². The lowest BCUT2D eigenvalue weighted by Crippen LogP contribution is -2.61.